The Hall–Kier alpha value is -0.590. The van der Waals surface area contributed by atoms with E-state index in [0.717, 1.165) is 32.5 Å². The van der Waals surface area contributed by atoms with E-state index in [2.05, 4.69) is 76.6 Å². The van der Waals surface area contributed by atoms with E-state index in [4.69, 9.17) is 10.5 Å². The number of halogens is 2. The Bertz CT molecular complexity index is 685. The lowest BCUT2D eigenvalue weighted by molar-refractivity contribution is 0.404. The molecule has 0 heterocycles. The summed E-state index contributed by atoms with van der Waals surface area (Å²) < 4.78 is 7.90. The third-order valence-electron chi connectivity index (χ3n) is 3.78. The number of hydrogen-bond donors (Lipinski definition) is 1. The molecule has 2 aromatic rings. The zero-order valence-electron chi connectivity index (χ0n) is 12.6. The first-order chi connectivity index (χ1) is 9.88. The van der Waals surface area contributed by atoms with Crippen LogP contribution < -0.4 is 10.5 Å². The highest BCUT2D eigenvalue weighted by atomic mass is 127. The topological polar surface area (TPSA) is 35.2 Å². The van der Waals surface area contributed by atoms with Crippen LogP contribution in [0, 0.1) is 24.3 Å². The van der Waals surface area contributed by atoms with Gasteiger partial charge in [-0.2, -0.15) is 0 Å². The van der Waals surface area contributed by atoms with Crippen molar-refractivity contribution in [3.05, 3.63) is 60.1 Å². The van der Waals surface area contributed by atoms with Crippen LogP contribution >= 0.6 is 38.5 Å². The van der Waals surface area contributed by atoms with Gasteiger partial charge in [-0.25, -0.2) is 0 Å². The van der Waals surface area contributed by atoms with Crippen molar-refractivity contribution in [2.75, 3.05) is 7.11 Å². The molecule has 0 aromatic heterocycles. The lowest BCUT2D eigenvalue weighted by atomic mass is 9.92. The molecule has 0 amide bonds. The van der Waals surface area contributed by atoms with E-state index in [-0.39, 0.29) is 6.04 Å². The molecule has 2 rings (SSSR count). The van der Waals surface area contributed by atoms with Crippen LogP contribution in [0.1, 0.15) is 33.9 Å². The fraction of sp³-hybridized carbons (Fsp3) is 0.294. The maximum atomic E-state index is 6.60. The third-order valence-corrected chi connectivity index (χ3v) is 6.08. The second-order valence-corrected chi connectivity index (χ2v) is 7.14. The van der Waals surface area contributed by atoms with Crippen molar-refractivity contribution in [2.24, 2.45) is 5.73 Å². The zero-order chi connectivity index (χ0) is 15.7. The number of aryl methyl sites for hydroxylation is 2. The first-order valence-corrected chi connectivity index (χ1v) is 8.59. The van der Waals surface area contributed by atoms with Crippen molar-refractivity contribution in [1.82, 2.24) is 0 Å². The minimum absolute atomic E-state index is 0.206. The van der Waals surface area contributed by atoms with E-state index in [9.17, 15) is 0 Å². The monoisotopic (exact) mass is 459 g/mol. The van der Waals surface area contributed by atoms with Crippen molar-refractivity contribution in [2.45, 2.75) is 26.8 Å². The first-order valence-electron chi connectivity index (χ1n) is 6.72. The van der Waals surface area contributed by atoms with E-state index < -0.39 is 0 Å². The number of ether oxygens (including phenoxy) is 1. The molecular formula is C17H19BrINO. The van der Waals surface area contributed by atoms with Crippen LogP contribution in [0.25, 0.3) is 0 Å². The standard InChI is InChI=1S/C17H19BrINO/c1-9-6-5-7-12(15(9)19)16(20)14-11(3)13(18)8-10(2)17(14)21-4/h5-8,16H,20H2,1-4H3. The van der Waals surface area contributed by atoms with Crippen LogP contribution in [-0.4, -0.2) is 7.11 Å². The molecule has 112 valence electrons. The summed E-state index contributed by atoms with van der Waals surface area (Å²) in [7, 11) is 1.70. The lowest BCUT2D eigenvalue weighted by Gasteiger charge is -2.23. The first kappa shape index (κ1) is 16.8. The molecule has 2 nitrogen and oxygen atoms in total. The fourth-order valence-electron chi connectivity index (χ4n) is 2.59. The highest BCUT2D eigenvalue weighted by Gasteiger charge is 2.22. The number of hydrogen-bond acceptors (Lipinski definition) is 2. The Labute approximate surface area is 148 Å². The lowest BCUT2D eigenvalue weighted by Crippen LogP contribution is -2.17. The summed E-state index contributed by atoms with van der Waals surface area (Å²) in [4.78, 5) is 0. The van der Waals surface area contributed by atoms with Crippen LogP contribution in [0.15, 0.2) is 28.7 Å². The van der Waals surface area contributed by atoms with Crippen molar-refractivity contribution >= 4 is 38.5 Å². The second-order valence-electron chi connectivity index (χ2n) is 5.20. The van der Waals surface area contributed by atoms with Crippen LogP contribution in [0.2, 0.25) is 0 Å². The molecule has 0 saturated carbocycles. The summed E-state index contributed by atoms with van der Waals surface area (Å²) in [6.07, 6.45) is 0. The number of benzene rings is 2. The van der Waals surface area contributed by atoms with Crippen LogP contribution in [-0.2, 0) is 0 Å². The van der Waals surface area contributed by atoms with Gasteiger partial charge < -0.3 is 10.5 Å². The van der Waals surface area contributed by atoms with Gasteiger partial charge in [-0.15, -0.1) is 0 Å². The van der Waals surface area contributed by atoms with Gasteiger partial charge in [0.2, 0.25) is 0 Å². The average molecular weight is 460 g/mol. The molecule has 1 atom stereocenters. The van der Waals surface area contributed by atoms with Gasteiger partial charge >= 0.3 is 0 Å². The van der Waals surface area contributed by atoms with E-state index in [1.807, 2.05) is 6.92 Å². The second kappa shape index (κ2) is 6.67. The Morgan fingerprint density at radius 1 is 1.19 bits per heavy atom. The van der Waals surface area contributed by atoms with E-state index in [0.29, 0.717) is 0 Å². The molecule has 0 radical (unpaired) electrons. The van der Waals surface area contributed by atoms with Crippen molar-refractivity contribution in [3.8, 4) is 5.75 Å². The maximum absolute atomic E-state index is 6.60. The minimum atomic E-state index is -0.206. The summed E-state index contributed by atoms with van der Waals surface area (Å²) >= 11 is 5.99. The van der Waals surface area contributed by atoms with Crippen molar-refractivity contribution < 1.29 is 4.74 Å². The summed E-state index contributed by atoms with van der Waals surface area (Å²) in [5.41, 5.74) is 12.2. The van der Waals surface area contributed by atoms with Gasteiger partial charge in [0.15, 0.2) is 0 Å². The Morgan fingerprint density at radius 3 is 2.48 bits per heavy atom. The van der Waals surface area contributed by atoms with Gasteiger partial charge in [0, 0.05) is 13.6 Å². The van der Waals surface area contributed by atoms with Crippen LogP contribution in [0.5, 0.6) is 5.75 Å². The molecule has 0 saturated heterocycles. The van der Waals surface area contributed by atoms with Gasteiger partial charge in [0.1, 0.15) is 5.75 Å². The molecular weight excluding hydrogens is 441 g/mol. The summed E-state index contributed by atoms with van der Waals surface area (Å²) in [6.45, 7) is 6.22. The molecule has 21 heavy (non-hydrogen) atoms. The smallest absolute Gasteiger partial charge is 0.127 e. The fourth-order valence-corrected chi connectivity index (χ4v) is 3.84. The minimum Gasteiger partial charge on any atom is -0.496 e. The third kappa shape index (κ3) is 3.12. The molecule has 2 N–H and O–H groups in total. The van der Waals surface area contributed by atoms with Gasteiger partial charge in [-0.05, 0) is 71.7 Å². The van der Waals surface area contributed by atoms with Crippen LogP contribution in [0.3, 0.4) is 0 Å². The quantitative estimate of drug-likeness (QED) is 0.653. The predicted octanol–water partition coefficient (Wildman–Crippen LogP) is 5.04. The highest BCUT2D eigenvalue weighted by molar-refractivity contribution is 14.1. The van der Waals surface area contributed by atoms with Crippen molar-refractivity contribution in [1.29, 1.82) is 0 Å². The van der Waals surface area contributed by atoms with E-state index in [1.165, 1.54) is 9.13 Å². The summed E-state index contributed by atoms with van der Waals surface area (Å²) in [5.74, 6) is 0.875. The van der Waals surface area contributed by atoms with Crippen molar-refractivity contribution in [3.63, 3.8) is 0 Å². The molecule has 0 spiro atoms. The Kier molecular flexibility index (Phi) is 5.33. The number of methoxy groups -OCH3 is 1. The molecule has 0 aliphatic carbocycles. The molecule has 1 unspecified atom stereocenters. The molecule has 4 heteroatoms. The average Bonchev–Trinajstić information content (AvgIpc) is 2.44. The summed E-state index contributed by atoms with van der Waals surface area (Å²) in [5, 5.41) is 0. The normalized spacial score (nSPS) is 12.3. The van der Waals surface area contributed by atoms with E-state index >= 15 is 0 Å². The SMILES string of the molecule is COc1c(C)cc(Br)c(C)c1C(N)c1cccc(C)c1I. The molecule has 0 aliphatic heterocycles. The van der Waals surface area contributed by atoms with Gasteiger partial charge in [0.05, 0.1) is 13.2 Å². The number of rotatable bonds is 3. The molecule has 0 fully saturated rings. The largest absolute Gasteiger partial charge is 0.496 e. The molecule has 0 bridgehead atoms. The Balaban J connectivity index is 2.68. The Morgan fingerprint density at radius 2 is 1.86 bits per heavy atom. The van der Waals surface area contributed by atoms with Crippen LogP contribution in [0.4, 0.5) is 0 Å². The zero-order valence-corrected chi connectivity index (χ0v) is 16.4. The van der Waals surface area contributed by atoms with Gasteiger partial charge in [-0.3, -0.25) is 0 Å². The van der Waals surface area contributed by atoms with Gasteiger partial charge in [0.25, 0.3) is 0 Å². The van der Waals surface area contributed by atoms with Gasteiger partial charge in [-0.1, -0.05) is 34.1 Å². The molecule has 0 aliphatic rings. The molecule has 2 aromatic carbocycles. The summed E-state index contributed by atoms with van der Waals surface area (Å²) in [6, 6.07) is 8.12. The number of nitrogens with two attached hydrogens (primary N) is 1. The van der Waals surface area contributed by atoms with E-state index in [1.54, 1.807) is 7.11 Å². The highest BCUT2D eigenvalue weighted by Crippen LogP contribution is 2.39. The maximum Gasteiger partial charge on any atom is 0.127 e. The predicted molar refractivity (Wildman–Crippen MR) is 100 cm³/mol.